The van der Waals surface area contributed by atoms with Gasteiger partial charge in [-0.05, 0) is 56.3 Å². The van der Waals surface area contributed by atoms with Crippen LogP contribution < -0.4 is 0 Å². The number of fused-ring (bicyclic) bond motifs is 2. The maximum atomic E-state index is 8.96. The van der Waals surface area contributed by atoms with Crippen molar-refractivity contribution in [3.63, 3.8) is 0 Å². The molecule has 0 spiro atoms. The van der Waals surface area contributed by atoms with E-state index in [1.807, 2.05) is 6.92 Å². The first kappa shape index (κ1) is 11.9. The molecule has 0 aliphatic heterocycles. The molecule has 3 atom stereocenters. The van der Waals surface area contributed by atoms with Crippen molar-refractivity contribution in [1.82, 2.24) is 0 Å². The van der Waals surface area contributed by atoms with Crippen LogP contribution in [0.3, 0.4) is 0 Å². The smallest absolute Gasteiger partial charge is 0.0639 e. The third kappa shape index (κ3) is 1.86. The van der Waals surface area contributed by atoms with E-state index in [1.54, 1.807) is 0 Å². The molecule has 0 aromatic carbocycles. The monoisotopic (exact) mass is 220 g/mol. The van der Waals surface area contributed by atoms with Crippen LogP contribution in [-0.4, -0.2) is 11.7 Å². The fourth-order valence-electron chi connectivity index (χ4n) is 3.65. The Morgan fingerprint density at radius 1 is 1.56 bits per heavy atom. The minimum Gasteiger partial charge on any atom is -0.392 e. The van der Waals surface area contributed by atoms with Crippen LogP contribution in [-0.2, 0) is 0 Å². The van der Waals surface area contributed by atoms with E-state index in [1.165, 1.54) is 31.3 Å². The molecule has 2 aliphatic rings. The third-order valence-corrected chi connectivity index (χ3v) is 4.97. The quantitative estimate of drug-likeness (QED) is 0.716. The predicted octanol–water partition coefficient (Wildman–Crippen LogP) is 3.70. The standard InChI is InChI=1S/C15H24O/c1-11(10-16)5-4-8-15(3)12(2)13-6-7-14(15)9-13/h5,13-14,16H,2,4,6-10H2,1,3H3/b11-5-/t13-,14?,15?/m0/s1. The first-order valence-corrected chi connectivity index (χ1v) is 6.53. The Morgan fingerprint density at radius 3 is 2.88 bits per heavy atom. The highest BCUT2D eigenvalue weighted by molar-refractivity contribution is 5.24. The highest BCUT2D eigenvalue weighted by Crippen LogP contribution is 2.60. The SMILES string of the molecule is C=C1[C@H]2CCC(C2)C1(C)CC/C=C(/C)CO. The van der Waals surface area contributed by atoms with Crippen LogP contribution in [0.4, 0.5) is 0 Å². The van der Waals surface area contributed by atoms with E-state index in [0.29, 0.717) is 5.41 Å². The number of hydrogen-bond acceptors (Lipinski definition) is 1. The van der Waals surface area contributed by atoms with E-state index in [4.69, 9.17) is 5.11 Å². The van der Waals surface area contributed by atoms with E-state index in [-0.39, 0.29) is 6.61 Å². The topological polar surface area (TPSA) is 20.2 Å². The highest BCUT2D eigenvalue weighted by Gasteiger charge is 2.49. The van der Waals surface area contributed by atoms with Crippen LogP contribution in [0.2, 0.25) is 0 Å². The zero-order valence-electron chi connectivity index (χ0n) is 10.6. The molecular weight excluding hydrogens is 196 g/mol. The van der Waals surface area contributed by atoms with Gasteiger partial charge in [0.1, 0.15) is 0 Å². The first-order valence-electron chi connectivity index (χ1n) is 6.53. The van der Waals surface area contributed by atoms with Crippen molar-refractivity contribution in [2.75, 3.05) is 6.61 Å². The summed E-state index contributed by atoms with van der Waals surface area (Å²) in [7, 11) is 0. The number of allylic oxidation sites excluding steroid dienone is 2. The highest BCUT2D eigenvalue weighted by atomic mass is 16.3. The molecule has 2 fully saturated rings. The average Bonchev–Trinajstić information content (AvgIpc) is 2.83. The molecule has 2 saturated carbocycles. The molecule has 2 bridgehead atoms. The van der Waals surface area contributed by atoms with Gasteiger partial charge in [-0.1, -0.05) is 30.7 Å². The van der Waals surface area contributed by atoms with Crippen LogP contribution in [0.5, 0.6) is 0 Å². The van der Waals surface area contributed by atoms with Crippen molar-refractivity contribution in [1.29, 1.82) is 0 Å². The normalized spacial score (nSPS) is 38.4. The van der Waals surface area contributed by atoms with Gasteiger partial charge in [0.15, 0.2) is 0 Å². The summed E-state index contributed by atoms with van der Waals surface area (Å²) in [5.74, 6) is 1.70. The lowest BCUT2D eigenvalue weighted by Crippen LogP contribution is -2.26. The number of rotatable bonds is 4. The Labute approximate surface area is 99.3 Å². The van der Waals surface area contributed by atoms with Gasteiger partial charge in [-0.25, -0.2) is 0 Å². The molecule has 90 valence electrons. The molecule has 0 aromatic rings. The molecule has 0 heterocycles. The number of aliphatic hydroxyl groups excluding tert-OH is 1. The van der Waals surface area contributed by atoms with Crippen molar-refractivity contribution in [2.45, 2.75) is 46.0 Å². The maximum Gasteiger partial charge on any atom is 0.0639 e. The van der Waals surface area contributed by atoms with Gasteiger partial charge in [-0.2, -0.15) is 0 Å². The van der Waals surface area contributed by atoms with Gasteiger partial charge in [0, 0.05) is 0 Å². The van der Waals surface area contributed by atoms with Gasteiger partial charge in [0.25, 0.3) is 0 Å². The molecule has 0 aromatic heterocycles. The molecule has 2 rings (SSSR count). The van der Waals surface area contributed by atoms with E-state index in [0.717, 1.165) is 23.8 Å². The zero-order chi connectivity index (χ0) is 11.8. The van der Waals surface area contributed by atoms with E-state index in [2.05, 4.69) is 19.6 Å². The molecule has 1 N–H and O–H groups in total. The van der Waals surface area contributed by atoms with Crippen LogP contribution >= 0.6 is 0 Å². The fourth-order valence-corrected chi connectivity index (χ4v) is 3.65. The maximum absolute atomic E-state index is 8.96. The van der Waals surface area contributed by atoms with E-state index in [9.17, 15) is 0 Å². The van der Waals surface area contributed by atoms with Crippen molar-refractivity contribution in [2.24, 2.45) is 17.3 Å². The first-order chi connectivity index (χ1) is 7.58. The van der Waals surface area contributed by atoms with Crippen LogP contribution in [0.25, 0.3) is 0 Å². The van der Waals surface area contributed by atoms with Gasteiger partial charge in [-0.3, -0.25) is 0 Å². The molecule has 0 saturated heterocycles. The Kier molecular flexibility index (Phi) is 3.25. The summed E-state index contributed by atoms with van der Waals surface area (Å²) in [6, 6.07) is 0. The summed E-state index contributed by atoms with van der Waals surface area (Å²) in [5, 5.41) is 8.96. The molecule has 16 heavy (non-hydrogen) atoms. The summed E-state index contributed by atoms with van der Waals surface area (Å²) >= 11 is 0. The van der Waals surface area contributed by atoms with Gasteiger partial charge >= 0.3 is 0 Å². The third-order valence-electron chi connectivity index (χ3n) is 4.97. The van der Waals surface area contributed by atoms with Crippen molar-refractivity contribution >= 4 is 0 Å². The Morgan fingerprint density at radius 2 is 2.31 bits per heavy atom. The van der Waals surface area contributed by atoms with Gasteiger partial charge in [0.2, 0.25) is 0 Å². The van der Waals surface area contributed by atoms with Crippen molar-refractivity contribution in [3.05, 3.63) is 23.8 Å². The summed E-state index contributed by atoms with van der Waals surface area (Å²) < 4.78 is 0. The van der Waals surface area contributed by atoms with Crippen molar-refractivity contribution < 1.29 is 5.11 Å². The van der Waals surface area contributed by atoms with Gasteiger partial charge in [0.05, 0.1) is 6.61 Å². The lowest BCUT2D eigenvalue weighted by Gasteiger charge is -2.36. The largest absolute Gasteiger partial charge is 0.392 e. The second kappa shape index (κ2) is 4.37. The molecule has 0 radical (unpaired) electrons. The van der Waals surface area contributed by atoms with Gasteiger partial charge in [-0.15, -0.1) is 0 Å². The molecule has 2 aliphatic carbocycles. The van der Waals surface area contributed by atoms with Crippen LogP contribution in [0.1, 0.15) is 46.0 Å². The Bertz CT molecular complexity index is 315. The predicted molar refractivity (Wildman–Crippen MR) is 68.2 cm³/mol. The summed E-state index contributed by atoms with van der Waals surface area (Å²) in [6.07, 6.45) is 8.66. The summed E-state index contributed by atoms with van der Waals surface area (Å²) in [5.41, 5.74) is 2.99. The molecule has 1 heteroatoms. The minimum atomic E-state index is 0.198. The van der Waals surface area contributed by atoms with Crippen LogP contribution in [0, 0.1) is 17.3 Å². The summed E-state index contributed by atoms with van der Waals surface area (Å²) in [6.45, 7) is 8.94. The molecule has 0 amide bonds. The number of hydrogen-bond donors (Lipinski definition) is 1. The average molecular weight is 220 g/mol. The summed E-state index contributed by atoms with van der Waals surface area (Å²) in [4.78, 5) is 0. The van der Waals surface area contributed by atoms with Crippen molar-refractivity contribution in [3.8, 4) is 0 Å². The lowest BCUT2D eigenvalue weighted by atomic mass is 9.69. The molecular formula is C15H24O. The Hall–Kier alpha value is -0.560. The second-order valence-electron chi connectivity index (χ2n) is 5.90. The zero-order valence-corrected chi connectivity index (χ0v) is 10.6. The van der Waals surface area contributed by atoms with Gasteiger partial charge < -0.3 is 5.11 Å². The number of aliphatic hydroxyl groups is 1. The van der Waals surface area contributed by atoms with E-state index < -0.39 is 0 Å². The fraction of sp³-hybridized carbons (Fsp3) is 0.733. The lowest BCUT2D eigenvalue weighted by molar-refractivity contribution is 0.240. The Balaban J connectivity index is 1.96. The minimum absolute atomic E-state index is 0.198. The molecule has 1 nitrogen and oxygen atoms in total. The second-order valence-corrected chi connectivity index (χ2v) is 5.90. The molecule has 2 unspecified atom stereocenters. The van der Waals surface area contributed by atoms with E-state index >= 15 is 0 Å². The van der Waals surface area contributed by atoms with Crippen LogP contribution in [0.15, 0.2) is 23.8 Å².